The van der Waals surface area contributed by atoms with E-state index in [0.29, 0.717) is 0 Å². The van der Waals surface area contributed by atoms with Crippen LogP contribution in [-0.2, 0) is 12.8 Å². The van der Waals surface area contributed by atoms with Gasteiger partial charge in [-0.3, -0.25) is 0 Å². The summed E-state index contributed by atoms with van der Waals surface area (Å²) in [5.74, 6) is 1.19. The molecule has 3 aromatic rings. The van der Waals surface area contributed by atoms with Gasteiger partial charge in [-0.1, -0.05) is 31.2 Å². The zero-order valence-electron chi connectivity index (χ0n) is 13.4. The van der Waals surface area contributed by atoms with Crippen LogP contribution < -0.4 is 5.32 Å². The number of benzene rings is 1. The molecule has 1 aliphatic rings. The molecule has 0 unspecified atom stereocenters. The van der Waals surface area contributed by atoms with Gasteiger partial charge in [-0.2, -0.15) is 5.10 Å². The van der Waals surface area contributed by atoms with Crippen molar-refractivity contribution in [3.8, 4) is 16.3 Å². The number of fused-ring (bicyclic) bond motifs is 1. The second-order valence-corrected chi connectivity index (χ2v) is 6.88. The lowest BCUT2D eigenvalue weighted by Crippen LogP contribution is -2.08. The Bertz CT molecular complexity index is 802. The Morgan fingerprint density at radius 2 is 2.09 bits per heavy atom. The van der Waals surface area contributed by atoms with Crippen LogP contribution in [0.15, 0.2) is 41.8 Å². The first kappa shape index (κ1) is 14.5. The van der Waals surface area contributed by atoms with Crippen LogP contribution in [0.3, 0.4) is 0 Å². The van der Waals surface area contributed by atoms with Crippen LogP contribution in [0.2, 0.25) is 0 Å². The van der Waals surface area contributed by atoms with Gasteiger partial charge in [0.15, 0.2) is 0 Å². The first-order valence-corrected chi connectivity index (χ1v) is 9.24. The predicted octanol–water partition coefficient (Wildman–Crippen LogP) is 4.91. The van der Waals surface area contributed by atoms with Gasteiger partial charge in [0.25, 0.3) is 0 Å². The first-order chi connectivity index (χ1) is 11.4. The van der Waals surface area contributed by atoms with Crippen molar-refractivity contribution in [3.05, 3.63) is 52.9 Å². The number of aryl methyl sites for hydroxylation is 1. The van der Waals surface area contributed by atoms with E-state index in [1.165, 1.54) is 40.4 Å². The number of nitrogens with one attached hydrogen (secondary N) is 1. The summed E-state index contributed by atoms with van der Waals surface area (Å²) in [7, 11) is 0. The van der Waals surface area contributed by atoms with Crippen molar-refractivity contribution in [1.82, 2.24) is 9.78 Å². The molecule has 1 aliphatic heterocycles. The summed E-state index contributed by atoms with van der Waals surface area (Å²) in [5, 5.41) is 10.8. The summed E-state index contributed by atoms with van der Waals surface area (Å²) in [6.07, 6.45) is 4.55. The van der Waals surface area contributed by atoms with E-state index in [-0.39, 0.29) is 0 Å². The largest absolute Gasteiger partial charge is 0.370 e. The van der Waals surface area contributed by atoms with Gasteiger partial charge < -0.3 is 5.32 Å². The minimum absolute atomic E-state index is 1.01. The summed E-state index contributed by atoms with van der Waals surface area (Å²) in [4.78, 5) is 1.26. The van der Waals surface area contributed by atoms with Crippen LogP contribution in [0, 0.1) is 0 Å². The fourth-order valence-electron chi connectivity index (χ4n) is 3.30. The second-order valence-electron chi connectivity index (χ2n) is 5.93. The van der Waals surface area contributed by atoms with Crippen LogP contribution in [0.5, 0.6) is 0 Å². The lowest BCUT2D eigenvalue weighted by molar-refractivity contribution is 0.779. The van der Waals surface area contributed by atoms with Crippen molar-refractivity contribution in [2.24, 2.45) is 0 Å². The molecule has 4 rings (SSSR count). The van der Waals surface area contributed by atoms with Crippen molar-refractivity contribution >= 4 is 17.2 Å². The summed E-state index contributed by atoms with van der Waals surface area (Å²) < 4.78 is 2.13. The molecule has 1 N–H and O–H groups in total. The van der Waals surface area contributed by atoms with Crippen LogP contribution in [0.25, 0.3) is 16.3 Å². The minimum atomic E-state index is 1.01. The molecule has 1 aromatic carbocycles. The van der Waals surface area contributed by atoms with Crippen molar-refractivity contribution in [1.29, 1.82) is 0 Å². The SMILES string of the molecule is CCc1ccccc1-n1nc(-c2cccs2)c2c1NCCCC2. The summed E-state index contributed by atoms with van der Waals surface area (Å²) in [6, 6.07) is 12.9. The van der Waals surface area contributed by atoms with Gasteiger partial charge >= 0.3 is 0 Å². The summed E-state index contributed by atoms with van der Waals surface area (Å²) in [6.45, 7) is 3.23. The van der Waals surface area contributed by atoms with Crippen molar-refractivity contribution in [2.75, 3.05) is 11.9 Å². The number of hydrogen-bond acceptors (Lipinski definition) is 3. The average Bonchev–Trinajstić information content (AvgIpc) is 3.17. The smallest absolute Gasteiger partial charge is 0.133 e. The highest BCUT2D eigenvalue weighted by atomic mass is 32.1. The molecule has 4 heteroatoms. The van der Waals surface area contributed by atoms with Gasteiger partial charge in [-0.25, -0.2) is 4.68 Å². The quantitative estimate of drug-likeness (QED) is 0.742. The third-order valence-electron chi connectivity index (χ3n) is 4.48. The highest BCUT2D eigenvalue weighted by Gasteiger charge is 2.22. The molecular formula is C19H21N3S. The molecule has 3 nitrogen and oxygen atoms in total. The molecule has 0 radical (unpaired) electrons. The molecule has 118 valence electrons. The molecule has 0 amide bonds. The highest BCUT2D eigenvalue weighted by Crippen LogP contribution is 2.36. The maximum absolute atomic E-state index is 5.02. The van der Waals surface area contributed by atoms with E-state index in [4.69, 9.17) is 5.10 Å². The van der Waals surface area contributed by atoms with E-state index in [1.54, 1.807) is 11.3 Å². The van der Waals surface area contributed by atoms with Gasteiger partial charge in [-0.05, 0) is 48.8 Å². The van der Waals surface area contributed by atoms with E-state index in [0.717, 1.165) is 25.1 Å². The standard InChI is InChI=1S/C19H21N3S/c1-2-14-8-3-4-10-16(14)22-19-15(9-5-6-12-20-19)18(21-22)17-11-7-13-23-17/h3-4,7-8,10-11,13,20H,2,5-6,9,12H2,1H3. The maximum atomic E-state index is 5.02. The molecule has 0 saturated heterocycles. The Labute approximate surface area is 141 Å². The molecule has 0 bridgehead atoms. The number of thiophene rings is 1. The zero-order chi connectivity index (χ0) is 15.6. The van der Waals surface area contributed by atoms with E-state index in [2.05, 4.69) is 58.7 Å². The molecular weight excluding hydrogens is 302 g/mol. The lowest BCUT2D eigenvalue weighted by atomic mass is 10.1. The van der Waals surface area contributed by atoms with Crippen LogP contribution in [0.1, 0.15) is 30.9 Å². The fourth-order valence-corrected chi connectivity index (χ4v) is 4.04. The zero-order valence-corrected chi connectivity index (χ0v) is 14.2. The van der Waals surface area contributed by atoms with Gasteiger partial charge in [0.1, 0.15) is 11.5 Å². The first-order valence-electron chi connectivity index (χ1n) is 8.36. The van der Waals surface area contributed by atoms with Gasteiger partial charge in [0.05, 0.1) is 10.6 Å². The van der Waals surface area contributed by atoms with Crippen molar-refractivity contribution in [3.63, 3.8) is 0 Å². The molecule has 0 atom stereocenters. The highest BCUT2D eigenvalue weighted by molar-refractivity contribution is 7.13. The topological polar surface area (TPSA) is 29.9 Å². The van der Waals surface area contributed by atoms with E-state index < -0.39 is 0 Å². The summed E-state index contributed by atoms with van der Waals surface area (Å²) in [5.41, 5.74) is 5.05. The summed E-state index contributed by atoms with van der Waals surface area (Å²) >= 11 is 1.77. The average molecular weight is 323 g/mol. The Balaban J connectivity index is 1.93. The fraction of sp³-hybridized carbons (Fsp3) is 0.316. The molecule has 23 heavy (non-hydrogen) atoms. The van der Waals surface area contributed by atoms with Crippen LogP contribution >= 0.6 is 11.3 Å². The molecule has 0 aliphatic carbocycles. The monoisotopic (exact) mass is 323 g/mol. The van der Waals surface area contributed by atoms with Crippen LogP contribution in [-0.4, -0.2) is 16.3 Å². The normalized spacial score (nSPS) is 14.1. The number of hydrogen-bond donors (Lipinski definition) is 1. The lowest BCUT2D eigenvalue weighted by Gasteiger charge is -2.12. The number of anilines is 1. The van der Waals surface area contributed by atoms with Gasteiger partial charge in [-0.15, -0.1) is 11.3 Å². The van der Waals surface area contributed by atoms with E-state index in [9.17, 15) is 0 Å². The third kappa shape index (κ3) is 2.57. The second kappa shape index (κ2) is 6.20. The minimum Gasteiger partial charge on any atom is -0.370 e. The Morgan fingerprint density at radius 3 is 2.91 bits per heavy atom. The van der Waals surface area contributed by atoms with Crippen molar-refractivity contribution < 1.29 is 0 Å². The Morgan fingerprint density at radius 1 is 1.17 bits per heavy atom. The van der Waals surface area contributed by atoms with Crippen LogP contribution in [0.4, 0.5) is 5.82 Å². The predicted molar refractivity (Wildman–Crippen MR) is 97.7 cm³/mol. The van der Waals surface area contributed by atoms with Gasteiger partial charge in [0.2, 0.25) is 0 Å². The molecule has 0 spiro atoms. The van der Waals surface area contributed by atoms with E-state index >= 15 is 0 Å². The Kier molecular flexibility index (Phi) is 3.92. The maximum Gasteiger partial charge on any atom is 0.133 e. The number of para-hydroxylation sites is 1. The van der Waals surface area contributed by atoms with Gasteiger partial charge in [0, 0.05) is 12.1 Å². The molecule has 0 fully saturated rings. The number of rotatable bonds is 3. The molecule has 3 heterocycles. The Hall–Kier alpha value is -2.07. The van der Waals surface area contributed by atoms with E-state index in [1.807, 2.05) is 0 Å². The molecule has 0 saturated carbocycles. The number of nitrogens with zero attached hydrogens (tertiary/aromatic N) is 2. The van der Waals surface area contributed by atoms with Crippen molar-refractivity contribution in [2.45, 2.75) is 32.6 Å². The third-order valence-corrected chi connectivity index (χ3v) is 5.36. The number of aromatic nitrogens is 2. The molecule has 2 aromatic heterocycles.